The van der Waals surface area contributed by atoms with Crippen LogP contribution in [0.1, 0.15) is 30.6 Å². The summed E-state index contributed by atoms with van der Waals surface area (Å²) < 4.78 is 8.57. The molecule has 6 heteroatoms. The molecule has 1 aromatic heterocycles. The first-order valence-electron chi connectivity index (χ1n) is 4.57. The first-order chi connectivity index (χ1) is 7.06. The van der Waals surface area contributed by atoms with Crippen LogP contribution >= 0.6 is 11.5 Å². The van der Waals surface area contributed by atoms with Crippen molar-refractivity contribution in [1.29, 1.82) is 0 Å². The van der Waals surface area contributed by atoms with Crippen LogP contribution in [0.15, 0.2) is 0 Å². The zero-order valence-electron chi connectivity index (χ0n) is 8.81. The smallest absolute Gasteiger partial charge is 0.375 e. The lowest BCUT2D eigenvalue weighted by Crippen LogP contribution is -2.22. The molecule has 0 bridgehead atoms. The number of aromatic nitrogens is 2. The fourth-order valence-electron chi connectivity index (χ4n) is 0.980. The molecule has 0 saturated heterocycles. The summed E-state index contributed by atoms with van der Waals surface area (Å²) in [6.07, 6.45) is 0. The number of esters is 1. The Morgan fingerprint density at radius 1 is 1.53 bits per heavy atom. The molecule has 82 valence electrons. The van der Waals surface area contributed by atoms with Gasteiger partial charge in [-0.05, 0) is 32.3 Å². The number of Topliss-reactive ketones (excluding diaryl/α,β-unsaturated/α-hetero) is 1. The van der Waals surface area contributed by atoms with Crippen LogP contribution in [0.3, 0.4) is 0 Å². The lowest BCUT2D eigenvalue weighted by Gasteiger charge is -2.05. The van der Waals surface area contributed by atoms with Gasteiger partial charge in [0.1, 0.15) is 10.8 Å². The van der Waals surface area contributed by atoms with E-state index in [-0.39, 0.29) is 6.61 Å². The van der Waals surface area contributed by atoms with E-state index in [2.05, 4.69) is 14.1 Å². The van der Waals surface area contributed by atoms with Crippen molar-refractivity contribution >= 4 is 23.3 Å². The molecule has 1 atom stereocenters. The molecule has 0 N–H and O–H groups in total. The minimum Gasteiger partial charge on any atom is -0.460 e. The lowest BCUT2D eigenvalue weighted by molar-refractivity contribution is -0.154. The van der Waals surface area contributed by atoms with Crippen LogP contribution in [0, 0.1) is 6.92 Å². The average molecular weight is 228 g/mol. The molecule has 0 amide bonds. The van der Waals surface area contributed by atoms with E-state index < -0.39 is 17.7 Å². The van der Waals surface area contributed by atoms with E-state index in [9.17, 15) is 9.59 Å². The standard InChI is InChI=1S/C9H12N2O3S/c1-4-14-9(13)7(12)5(2)8-10-6(3)11-15-8/h5H,4H2,1-3H3. The van der Waals surface area contributed by atoms with E-state index in [1.165, 1.54) is 0 Å². The van der Waals surface area contributed by atoms with Crippen molar-refractivity contribution in [2.24, 2.45) is 0 Å². The van der Waals surface area contributed by atoms with Crippen LogP contribution in [0.2, 0.25) is 0 Å². The molecule has 15 heavy (non-hydrogen) atoms. The summed E-state index contributed by atoms with van der Waals surface area (Å²) in [5.41, 5.74) is 0. The molecular weight excluding hydrogens is 216 g/mol. The Kier molecular flexibility index (Phi) is 3.90. The minimum atomic E-state index is -0.808. The van der Waals surface area contributed by atoms with E-state index in [0.29, 0.717) is 10.8 Å². The maximum Gasteiger partial charge on any atom is 0.375 e. The van der Waals surface area contributed by atoms with Crippen molar-refractivity contribution in [3.05, 3.63) is 10.8 Å². The molecule has 1 aromatic rings. The van der Waals surface area contributed by atoms with E-state index in [4.69, 9.17) is 0 Å². The zero-order chi connectivity index (χ0) is 11.4. The summed E-state index contributed by atoms with van der Waals surface area (Å²) in [4.78, 5) is 26.7. The zero-order valence-corrected chi connectivity index (χ0v) is 9.63. The summed E-state index contributed by atoms with van der Waals surface area (Å²) in [5, 5.41) is 0.547. The van der Waals surface area contributed by atoms with E-state index in [1.807, 2.05) is 0 Å². The van der Waals surface area contributed by atoms with Crippen molar-refractivity contribution in [3.63, 3.8) is 0 Å². The molecule has 0 aliphatic rings. The monoisotopic (exact) mass is 228 g/mol. The van der Waals surface area contributed by atoms with Crippen molar-refractivity contribution in [3.8, 4) is 0 Å². The van der Waals surface area contributed by atoms with Gasteiger partial charge in [-0.15, -0.1) is 0 Å². The molecule has 0 spiro atoms. The van der Waals surface area contributed by atoms with Crippen LogP contribution < -0.4 is 0 Å². The maximum atomic E-state index is 11.5. The Balaban J connectivity index is 2.72. The molecule has 0 aromatic carbocycles. The Hall–Kier alpha value is -1.30. The van der Waals surface area contributed by atoms with Gasteiger partial charge < -0.3 is 4.74 Å². The summed E-state index contributed by atoms with van der Waals surface area (Å²) in [5.74, 6) is -1.35. The molecule has 1 rings (SSSR count). The fraction of sp³-hybridized carbons (Fsp3) is 0.556. The molecule has 0 aliphatic heterocycles. The van der Waals surface area contributed by atoms with Gasteiger partial charge in [0, 0.05) is 0 Å². The number of nitrogens with zero attached hydrogens (tertiary/aromatic N) is 2. The van der Waals surface area contributed by atoms with Gasteiger partial charge >= 0.3 is 5.97 Å². The first-order valence-corrected chi connectivity index (χ1v) is 5.34. The van der Waals surface area contributed by atoms with Gasteiger partial charge in [0.05, 0.1) is 12.5 Å². The number of hydrogen-bond donors (Lipinski definition) is 0. The third-order valence-corrected chi connectivity index (χ3v) is 2.77. The molecule has 0 fully saturated rings. The highest BCUT2D eigenvalue weighted by Crippen LogP contribution is 2.18. The number of aryl methyl sites for hydroxylation is 1. The Morgan fingerprint density at radius 3 is 2.67 bits per heavy atom. The highest BCUT2D eigenvalue weighted by Gasteiger charge is 2.26. The Morgan fingerprint density at radius 2 is 2.20 bits per heavy atom. The Bertz CT molecular complexity index is 375. The third-order valence-electron chi connectivity index (χ3n) is 1.78. The van der Waals surface area contributed by atoms with Crippen molar-refractivity contribution < 1.29 is 14.3 Å². The van der Waals surface area contributed by atoms with Crippen LogP contribution in [0.4, 0.5) is 0 Å². The second-order valence-corrected chi connectivity index (χ2v) is 3.77. The highest BCUT2D eigenvalue weighted by molar-refractivity contribution is 7.05. The van der Waals surface area contributed by atoms with Gasteiger partial charge in [-0.3, -0.25) is 4.79 Å². The average Bonchev–Trinajstić information content (AvgIpc) is 2.63. The van der Waals surface area contributed by atoms with Crippen LogP contribution in [0.25, 0.3) is 0 Å². The van der Waals surface area contributed by atoms with Crippen LogP contribution in [0.5, 0.6) is 0 Å². The van der Waals surface area contributed by atoms with Crippen LogP contribution in [-0.4, -0.2) is 27.7 Å². The molecule has 0 radical (unpaired) electrons. The number of ketones is 1. The quantitative estimate of drug-likeness (QED) is 0.569. The predicted octanol–water partition coefficient (Wildman–Crippen LogP) is 1.08. The van der Waals surface area contributed by atoms with Gasteiger partial charge in [-0.1, -0.05) is 0 Å². The van der Waals surface area contributed by atoms with Gasteiger partial charge in [-0.25, -0.2) is 9.78 Å². The second kappa shape index (κ2) is 4.97. The van der Waals surface area contributed by atoms with E-state index >= 15 is 0 Å². The lowest BCUT2D eigenvalue weighted by atomic mass is 10.1. The normalized spacial score (nSPS) is 12.2. The van der Waals surface area contributed by atoms with E-state index in [0.717, 1.165) is 11.5 Å². The fourth-order valence-corrected chi connectivity index (χ4v) is 1.68. The molecule has 1 unspecified atom stereocenters. The predicted molar refractivity (Wildman–Crippen MR) is 54.7 cm³/mol. The number of rotatable bonds is 4. The van der Waals surface area contributed by atoms with Gasteiger partial charge in [0.15, 0.2) is 0 Å². The van der Waals surface area contributed by atoms with Crippen molar-refractivity contribution in [1.82, 2.24) is 9.36 Å². The molecular formula is C9H12N2O3S. The molecule has 0 aliphatic carbocycles. The molecule has 0 saturated carbocycles. The number of hydrogen-bond acceptors (Lipinski definition) is 6. The van der Waals surface area contributed by atoms with Crippen LogP contribution in [-0.2, 0) is 14.3 Å². The van der Waals surface area contributed by atoms with Crippen molar-refractivity contribution in [2.45, 2.75) is 26.7 Å². The summed E-state index contributed by atoms with van der Waals surface area (Å²) in [7, 11) is 0. The number of ether oxygens (including phenoxy) is 1. The van der Waals surface area contributed by atoms with Gasteiger partial charge in [0.2, 0.25) is 5.78 Å². The third kappa shape index (κ3) is 2.82. The van der Waals surface area contributed by atoms with Gasteiger partial charge in [0.25, 0.3) is 0 Å². The minimum absolute atomic E-state index is 0.201. The van der Waals surface area contributed by atoms with E-state index in [1.54, 1.807) is 20.8 Å². The van der Waals surface area contributed by atoms with Gasteiger partial charge in [-0.2, -0.15) is 4.37 Å². The number of carbonyl (C=O) groups is 2. The Labute approximate surface area is 91.6 Å². The largest absolute Gasteiger partial charge is 0.460 e. The molecule has 5 nitrogen and oxygen atoms in total. The summed E-state index contributed by atoms with van der Waals surface area (Å²) in [6.45, 7) is 5.22. The second-order valence-electron chi connectivity index (χ2n) is 2.99. The van der Waals surface area contributed by atoms with Crippen molar-refractivity contribution in [2.75, 3.05) is 6.61 Å². The highest BCUT2D eigenvalue weighted by atomic mass is 32.1. The topological polar surface area (TPSA) is 69.2 Å². The maximum absolute atomic E-state index is 11.5. The summed E-state index contributed by atoms with van der Waals surface area (Å²) in [6, 6.07) is 0. The molecule has 1 heterocycles. The SMILES string of the molecule is CCOC(=O)C(=O)C(C)c1nc(C)ns1. The summed E-state index contributed by atoms with van der Waals surface area (Å²) >= 11 is 1.13. The number of carbonyl (C=O) groups excluding carboxylic acids is 2. The first kappa shape index (κ1) is 11.8.